The van der Waals surface area contributed by atoms with Crippen LogP contribution in [-0.4, -0.2) is 80.9 Å². The van der Waals surface area contributed by atoms with Crippen LogP contribution in [0.2, 0.25) is 0 Å². The second-order valence-corrected chi connectivity index (χ2v) is 16.1. The first-order chi connectivity index (χ1) is 30.3. The molecule has 5 aromatic carbocycles. The Labute approximate surface area is 365 Å². The normalized spacial score (nSPS) is 16.3. The summed E-state index contributed by atoms with van der Waals surface area (Å²) in [5, 5.41) is 54.4. The lowest BCUT2D eigenvalue weighted by Gasteiger charge is -2.24. The van der Waals surface area contributed by atoms with Gasteiger partial charge in [-0.05, 0) is 125 Å². The molecule has 0 bridgehead atoms. The highest BCUT2D eigenvalue weighted by Gasteiger charge is 2.29. The molecule has 0 radical (unpaired) electrons. The predicted octanol–water partition coefficient (Wildman–Crippen LogP) is 3.37. The van der Waals surface area contributed by atoms with E-state index >= 15 is 0 Å². The van der Waals surface area contributed by atoms with E-state index in [-0.39, 0.29) is 23.1 Å². The van der Waals surface area contributed by atoms with Crippen molar-refractivity contribution in [1.29, 1.82) is 0 Å². The number of benzene rings is 5. The molecule has 14 heteroatoms. The molecule has 0 amide bonds. The fourth-order valence-electron chi connectivity index (χ4n) is 8.37. The van der Waals surface area contributed by atoms with Crippen molar-refractivity contribution < 1.29 is 54.1 Å². The van der Waals surface area contributed by atoms with Gasteiger partial charge in [0.25, 0.3) is 0 Å². The molecule has 0 spiro atoms. The highest BCUT2D eigenvalue weighted by Crippen LogP contribution is 2.34. The lowest BCUT2D eigenvalue weighted by Crippen LogP contribution is -2.29. The summed E-state index contributed by atoms with van der Waals surface area (Å²) >= 11 is 0. The summed E-state index contributed by atoms with van der Waals surface area (Å²) in [5.41, 5.74) is 11.6. The molecule has 9 rings (SSSR count). The zero-order valence-corrected chi connectivity index (χ0v) is 34.5. The van der Waals surface area contributed by atoms with Gasteiger partial charge in [-0.1, -0.05) is 84.9 Å². The topological polar surface area (TPSA) is 207 Å². The van der Waals surface area contributed by atoms with E-state index in [0.717, 1.165) is 70.2 Å². The molecule has 63 heavy (non-hydrogen) atoms. The molecule has 0 saturated carbocycles. The molecule has 5 aromatic rings. The Morgan fingerprint density at radius 1 is 0.381 bits per heavy atom. The SMILES string of the molecule is O=C1/C(=C/c2ccc(B(O)O)cc2)CCc2cc3c(cc21)C(=O)/C(=C/c1ccc(B(O)O)cc1)CC3.O=C1CCCc2cc3c(cc21)C(=O)CCC3.O=Cc1ccc(B(O)O)cc1. The molecule has 316 valence electrons. The first kappa shape index (κ1) is 44.9. The van der Waals surface area contributed by atoms with Crippen molar-refractivity contribution in [3.05, 3.63) is 169 Å². The number of carbonyl (C=O) groups excluding carboxylic acids is 5. The number of allylic oxidation sites excluding steroid dienone is 2. The number of aryl methyl sites for hydroxylation is 4. The Kier molecular flexibility index (Phi) is 14.2. The molecular formula is C49H45B3O11. The number of rotatable bonds is 6. The maximum Gasteiger partial charge on any atom is 0.488 e. The molecule has 11 nitrogen and oxygen atoms in total. The number of aldehydes is 1. The third-order valence-electron chi connectivity index (χ3n) is 11.9. The van der Waals surface area contributed by atoms with Gasteiger partial charge < -0.3 is 30.1 Å². The smallest absolute Gasteiger partial charge is 0.423 e. The average Bonchev–Trinajstić information content (AvgIpc) is 3.28. The Hall–Kier alpha value is -6.12. The summed E-state index contributed by atoms with van der Waals surface area (Å²) in [5.74, 6) is 0.240. The predicted molar refractivity (Wildman–Crippen MR) is 243 cm³/mol. The van der Waals surface area contributed by atoms with E-state index in [1.54, 1.807) is 54.6 Å². The molecule has 4 aliphatic carbocycles. The quantitative estimate of drug-likeness (QED) is 0.0831. The van der Waals surface area contributed by atoms with Crippen LogP contribution in [0, 0.1) is 0 Å². The average molecular weight is 842 g/mol. The number of ketones is 4. The number of Topliss-reactive ketones (excluding diaryl/α,β-unsaturated/α-hetero) is 4. The van der Waals surface area contributed by atoms with Crippen molar-refractivity contribution in [2.24, 2.45) is 0 Å². The van der Waals surface area contributed by atoms with Crippen molar-refractivity contribution in [2.45, 2.75) is 64.2 Å². The molecule has 0 heterocycles. The van der Waals surface area contributed by atoms with Crippen LogP contribution in [0.3, 0.4) is 0 Å². The number of hydrogen-bond donors (Lipinski definition) is 6. The highest BCUT2D eigenvalue weighted by molar-refractivity contribution is 6.59. The first-order valence-corrected chi connectivity index (χ1v) is 21.0. The molecule has 4 aliphatic rings. The van der Waals surface area contributed by atoms with Gasteiger partial charge in [-0.15, -0.1) is 0 Å². The van der Waals surface area contributed by atoms with Gasteiger partial charge in [-0.2, -0.15) is 0 Å². The fourth-order valence-corrected chi connectivity index (χ4v) is 8.37. The Balaban J connectivity index is 0.000000179. The molecule has 0 unspecified atom stereocenters. The fraction of sp³-hybridized carbons (Fsp3) is 0.204. The van der Waals surface area contributed by atoms with Crippen LogP contribution in [0.4, 0.5) is 0 Å². The third-order valence-corrected chi connectivity index (χ3v) is 11.9. The monoisotopic (exact) mass is 842 g/mol. The van der Waals surface area contributed by atoms with Gasteiger partial charge in [0.2, 0.25) is 0 Å². The van der Waals surface area contributed by atoms with Crippen molar-refractivity contribution in [3.63, 3.8) is 0 Å². The van der Waals surface area contributed by atoms with Gasteiger partial charge in [0, 0.05) is 51.8 Å². The zero-order chi connectivity index (χ0) is 44.8. The van der Waals surface area contributed by atoms with E-state index < -0.39 is 21.4 Å². The van der Waals surface area contributed by atoms with Gasteiger partial charge in [-0.3, -0.25) is 24.0 Å². The van der Waals surface area contributed by atoms with E-state index in [1.165, 1.54) is 24.3 Å². The van der Waals surface area contributed by atoms with Crippen molar-refractivity contribution >= 4 is 79.3 Å². The maximum absolute atomic E-state index is 13.3. The Morgan fingerprint density at radius 2 is 0.714 bits per heavy atom. The summed E-state index contributed by atoms with van der Waals surface area (Å²) in [4.78, 5) is 60.4. The standard InChI is InChI=1S/C28H24B2O6.C14H14O2.C7H7BO3/c31-27-21(13-17-1-9-23(10-2-17)29(33)34)7-5-19-15-20-6-8-22(28(32)26(20)16-25(19)27)14-18-3-11-24(12-4-18)30(35)36;15-13-5-1-3-9-7-10-4-2-6-14(16)12(10)8-11(9)13;9-5-6-1-3-7(4-2-6)8(10)11/h1-4,9-16,33-36H,5-8H2;7-8H,1-6H2;1-5,10-11H/b21-13+,22-14+;;. The third kappa shape index (κ3) is 10.6. The van der Waals surface area contributed by atoms with E-state index in [9.17, 15) is 44.1 Å². The van der Waals surface area contributed by atoms with Gasteiger partial charge in [0.15, 0.2) is 23.1 Å². The Bertz CT molecular complexity index is 2480. The van der Waals surface area contributed by atoms with Crippen molar-refractivity contribution in [2.75, 3.05) is 0 Å². The first-order valence-electron chi connectivity index (χ1n) is 21.0. The minimum absolute atomic E-state index is 0.0904. The molecule has 6 N–H and O–H groups in total. The summed E-state index contributed by atoms with van der Waals surface area (Å²) in [6, 6.07) is 27.2. The zero-order valence-electron chi connectivity index (χ0n) is 34.5. The second kappa shape index (κ2) is 19.9. The van der Waals surface area contributed by atoms with Crippen LogP contribution < -0.4 is 16.4 Å². The van der Waals surface area contributed by atoms with Crippen LogP contribution in [-0.2, 0) is 25.7 Å². The van der Waals surface area contributed by atoms with E-state index in [1.807, 2.05) is 24.3 Å². The van der Waals surface area contributed by atoms with E-state index in [0.29, 0.717) is 89.0 Å². The second-order valence-electron chi connectivity index (χ2n) is 16.1. The summed E-state index contributed by atoms with van der Waals surface area (Å²) in [7, 11) is -4.54. The van der Waals surface area contributed by atoms with E-state index in [4.69, 9.17) is 10.0 Å². The molecule has 0 saturated heterocycles. The highest BCUT2D eigenvalue weighted by atomic mass is 16.4. The molecule has 0 aromatic heterocycles. The van der Waals surface area contributed by atoms with Gasteiger partial charge >= 0.3 is 21.4 Å². The molecular weight excluding hydrogens is 797 g/mol. The van der Waals surface area contributed by atoms with Crippen LogP contribution in [0.1, 0.15) is 124 Å². The molecule has 0 aliphatic heterocycles. The molecule has 0 atom stereocenters. The molecule has 0 fully saturated rings. The van der Waals surface area contributed by atoms with Crippen molar-refractivity contribution in [1.82, 2.24) is 0 Å². The van der Waals surface area contributed by atoms with Crippen LogP contribution in [0.5, 0.6) is 0 Å². The Morgan fingerprint density at radius 3 is 1.06 bits per heavy atom. The summed E-state index contributed by atoms with van der Waals surface area (Å²) in [6.45, 7) is 0. The van der Waals surface area contributed by atoms with Gasteiger partial charge in [0.05, 0.1) is 0 Å². The van der Waals surface area contributed by atoms with Gasteiger partial charge in [0.1, 0.15) is 6.29 Å². The van der Waals surface area contributed by atoms with E-state index in [2.05, 4.69) is 6.07 Å². The van der Waals surface area contributed by atoms with Crippen LogP contribution in [0.25, 0.3) is 12.2 Å². The largest absolute Gasteiger partial charge is 0.488 e. The van der Waals surface area contributed by atoms with Gasteiger partial charge in [-0.25, -0.2) is 0 Å². The lowest BCUT2D eigenvalue weighted by molar-refractivity contribution is 0.0967. The minimum atomic E-state index is -1.54. The minimum Gasteiger partial charge on any atom is -0.423 e. The maximum atomic E-state index is 13.3. The number of carbonyl (C=O) groups is 5. The number of hydrogen-bond acceptors (Lipinski definition) is 11. The van der Waals surface area contributed by atoms with Crippen LogP contribution in [0.15, 0.2) is 108 Å². The summed E-state index contributed by atoms with van der Waals surface area (Å²) in [6.07, 6.45) is 12.1. The van der Waals surface area contributed by atoms with Crippen molar-refractivity contribution in [3.8, 4) is 0 Å². The summed E-state index contributed by atoms with van der Waals surface area (Å²) < 4.78 is 0. The van der Waals surface area contributed by atoms with Crippen LogP contribution >= 0.6 is 0 Å². The number of fused-ring (bicyclic) bond motifs is 4. The lowest BCUT2D eigenvalue weighted by atomic mass is 9.78.